The van der Waals surface area contributed by atoms with E-state index < -0.39 is 5.97 Å². The monoisotopic (exact) mass is 270 g/mol. The van der Waals surface area contributed by atoms with E-state index in [9.17, 15) is 9.59 Å². The lowest BCUT2D eigenvalue weighted by molar-refractivity contribution is -0.136. The van der Waals surface area contributed by atoms with Crippen molar-refractivity contribution < 1.29 is 14.7 Å². The van der Waals surface area contributed by atoms with Crippen molar-refractivity contribution in [1.29, 1.82) is 0 Å². The van der Waals surface area contributed by atoms with Gasteiger partial charge in [-0.3, -0.25) is 9.59 Å². The van der Waals surface area contributed by atoms with Crippen molar-refractivity contribution in [3.8, 4) is 0 Å². The molecule has 1 rings (SSSR count). The zero-order chi connectivity index (χ0) is 13.5. The van der Waals surface area contributed by atoms with Crippen LogP contribution in [0.2, 0.25) is 5.02 Å². The van der Waals surface area contributed by atoms with Crippen LogP contribution in [0.4, 0.5) is 5.69 Å². The predicted octanol–water partition coefficient (Wildman–Crippen LogP) is 1.37. The summed E-state index contributed by atoms with van der Waals surface area (Å²) in [7, 11) is 1.73. The van der Waals surface area contributed by atoms with Crippen LogP contribution in [0.15, 0.2) is 24.3 Å². The molecule has 98 valence electrons. The highest BCUT2D eigenvalue weighted by atomic mass is 35.5. The van der Waals surface area contributed by atoms with Crippen molar-refractivity contribution in [2.75, 3.05) is 25.0 Å². The van der Waals surface area contributed by atoms with Crippen molar-refractivity contribution in [3.05, 3.63) is 29.3 Å². The second kappa shape index (κ2) is 6.98. The first-order valence-electron chi connectivity index (χ1n) is 5.47. The molecule has 0 unspecified atom stereocenters. The Bertz CT molecular complexity index is 420. The largest absolute Gasteiger partial charge is 0.480 e. The number of aliphatic carboxylic acids is 1. The van der Waals surface area contributed by atoms with E-state index in [0.717, 1.165) is 0 Å². The molecule has 0 saturated heterocycles. The first-order valence-corrected chi connectivity index (χ1v) is 5.84. The molecule has 2 N–H and O–H groups in total. The third-order valence-electron chi connectivity index (χ3n) is 2.32. The lowest BCUT2D eigenvalue weighted by Gasteiger charge is -2.20. The summed E-state index contributed by atoms with van der Waals surface area (Å²) in [5.74, 6) is -1.29. The van der Waals surface area contributed by atoms with Gasteiger partial charge in [0.05, 0.1) is 0 Å². The maximum absolute atomic E-state index is 11.9. The lowest BCUT2D eigenvalue weighted by Crippen LogP contribution is -2.36. The van der Waals surface area contributed by atoms with E-state index in [0.29, 0.717) is 17.3 Å². The predicted molar refractivity (Wildman–Crippen MR) is 70.0 cm³/mol. The van der Waals surface area contributed by atoms with Crippen LogP contribution >= 0.6 is 11.6 Å². The number of nitrogens with zero attached hydrogens (tertiary/aromatic N) is 1. The third-order valence-corrected chi connectivity index (χ3v) is 2.57. The Balaban J connectivity index is 2.86. The molecule has 1 aromatic rings. The van der Waals surface area contributed by atoms with Crippen molar-refractivity contribution in [1.82, 2.24) is 5.32 Å². The van der Waals surface area contributed by atoms with Gasteiger partial charge in [-0.2, -0.15) is 0 Å². The first-order chi connectivity index (χ1) is 8.54. The van der Waals surface area contributed by atoms with E-state index in [2.05, 4.69) is 5.32 Å². The van der Waals surface area contributed by atoms with Crippen LogP contribution in [0, 0.1) is 0 Å². The molecule has 0 bridgehead atoms. The molecule has 1 amide bonds. The van der Waals surface area contributed by atoms with Crippen LogP contribution in [0.3, 0.4) is 0 Å². The van der Waals surface area contributed by atoms with Gasteiger partial charge in [0, 0.05) is 23.7 Å². The average Bonchev–Trinajstić information content (AvgIpc) is 2.34. The number of hydrogen-bond donors (Lipinski definition) is 2. The van der Waals surface area contributed by atoms with Crippen LogP contribution in [0.5, 0.6) is 0 Å². The van der Waals surface area contributed by atoms with E-state index in [4.69, 9.17) is 16.7 Å². The molecule has 18 heavy (non-hydrogen) atoms. The van der Waals surface area contributed by atoms with Gasteiger partial charge in [-0.05, 0) is 31.3 Å². The van der Waals surface area contributed by atoms with Crippen molar-refractivity contribution in [2.24, 2.45) is 0 Å². The van der Waals surface area contributed by atoms with Gasteiger partial charge in [0.2, 0.25) is 5.91 Å². The minimum atomic E-state index is -1.05. The van der Waals surface area contributed by atoms with E-state index in [-0.39, 0.29) is 18.9 Å². The highest BCUT2D eigenvalue weighted by Crippen LogP contribution is 2.18. The number of benzene rings is 1. The number of carbonyl (C=O) groups is 2. The fourth-order valence-corrected chi connectivity index (χ4v) is 1.57. The zero-order valence-corrected chi connectivity index (χ0v) is 10.8. The van der Waals surface area contributed by atoms with Crippen molar-refractivity contribution in [2.45, 2.75) is 6.42 Å². The second-order valence-electron chi connectivity index (χ2n) is 3.70. The molecule has 1 aromatic carbocycles. The van der Waals surface area contributed by atoms with Gasteiger partial charge >= 0.3 is 5.97 Å². The molecule has 0 spiro atoms. The Morgan fingerprint density at radius 3 is 2.44 bits per heavy atom. The lowest BCUT2D eigenvalue weighted by atomic mass is 10.2. The molecule has 0 heterocycles. The Kier molecular flexibility index (Phi) is 5.61. The van der Waals surface area contributed by atoms with E-state index >= 15 is 0 Å². The maximum atomic E-state index is 11.9. The molecule has 5 nitrogen and oxygen atoms in total. The topological polar surface area (TPSA) is 69.6 Å². The van der Waals surface area contributed by atoms with Crippen molar-refractivity contribution in [3.63, 3.8) is 0 Å². The van der Waals surface area contributed by atoms with Crippen LogP contribution in [0.1, 0.15) is 6.42 Å². The Morgan fingerprint density at radius 2 is 1.94 bits per heavy atom. The summed E-state index contributed by atoms with van der Waals surface area (Å²) in [6.45, 7) is 0.146. The van der Waals surface area contributed by atoms with E-state index in [1.807, 2.05) is 0 Å². The molecule has 0 fully saturated rings. The molecule has 0 saturated carbocycles. The number of carbonyl (C=O) groups excluding carboxylic acids is 1. The van der Waals surface area contributed by atoms with Crippen LogP contribution in [0.25, 0.3) is 0 Å². The number of amides is 1. The van der Waals surface area contributed by atoms with Gasteiger partial charge in [0.1, 0.15) is 6.54 Å². The van der Waals surface area contributed by atoms with E-state index in [1.165, 1.54) is 4.90 Å². The molecular formula is C12H15ClN2O3. The number of halogens is 1. The Labute approximate surface area is 110 Å². The average molecular weight is 271 g/mol. The summed E-state index contributed by atoms with van der Waals surface area (Å²) in [4.78, 5) is 23.9. The molecule has 0 aliphatic rings. The number of rotatable bonds is 6. The van der Waals surface area contributed by atoms with Crippen LogP contribution < -0.4 is 10.2 Å². The summed E-state index contributed by atoms with van der Waals surface area (Å²) in [6, 6.07) is 6.50. The number of anilines is 1. The highest BCUT2D eigenvalue weighted by Gasteiger charge is 2.18. The van der Waals surface area contributed by atoms with Crippen LogP contribution in [-0.2, 0) is 9.59 Å². The highest BCUT2D eigenvalue weighted by molar-refractivity contribution is 6.30. The van der Waals surface area contributed by atoms with Gasteiger partial charge in [0.25, 0.3) is 0 Å². The minimum Gasteiger partial charge on any atom is -0.480 e. The molecule has 0 radical (unpaired) electrons. The molecule has 0 atom stereocenters. The molecule has 6 heteroatoms. The van der Waals surface area contributed by atoms with Crippen molar-refractivity contribution >= 4 is 29.2 Å². The molecule has 0 aromatic heterocycles. The zero-order valence-electron chi connectivity index (χ0n) is 10.0. The number of carboxylic acid groups (broad SMARTS) is 1. The van der Waals surface area contributed by atoms with Gasteiger partial charge in [-0.1, -0.05) is 11.6 Å². The maximum Gasteiger partial charge on any atom is 0.323 e. The summed E-state index contributed by atoms with van der Waals surface area (Å²) in [5.41, 5.74) is 0.530. The normalized spacial score (nSPS) is 10.1. The fourth-order valence-electron chi connectivity index (χ4n) is 1.45. The fraction of sp³-hybridized carbons (Fsp3) is 0.333. The number of nitrogens with one attached hydrogen (secondary N) is 1. The summed E-state index contributed by atoms with van der Waals surface area (Å²) >= 11 is 5.76. The first kappa shape index (κ1) is 14.5. The molecular weight excluding hydrogens is 256 g/mol. The number of hydrogen-bond acceptors (Lipinski definition) is 3. The van der Waals surface area contributed by atoms with Gasteiger partial charge in [-0.15, -0.1) is 0 Å². The van der Waals surface area contributed by atoms with Gasteiger partial charge < -0.3 is 15.3 Å². The quantitative estimate of drug-likeness (QED) is 0.819. The van der Waals surface area contributed by atoms with Gasteiger partial charge in [0.15, 0.2) is 0 Å². The Morgan fingerprint density at radius 1 is 1.33 bits per heavy atom. The summed E-state index contributed by atoms with van der Waals surface area (Å²) < 4.78 is 0. The minimum absolute atomic E-state index is 0.242. The smallest absolute Gasteiger partial charge is 0.323 e. The number of carboxylic acids is 1. The second-order valence-corrected chi connectivity index (χ2v) is 4.14. The third kappa shape index (κ3) is 4.35. The summed E-state index contributed by atoms with van der Waals surface area (Å²) in [6.07, 6.45) is 0.242. The SMILES string of the molecule is CNCCC(=O)N(CC(=O)O)c1ccc(Cl)cc1. The van der Waals surface area contributed by atoms with E-state index in [1.54, 1.807) is 31.3 Å². The van der Waals surface area contributed by atoms with Gasteiger partial charge in [-0.25, -0.2) is 0 Å². The Hall–Kier alpha value is -1.59. The summed E-state index contributed by atoms with van der Waals surface area (Å²) in [5, 5.41) is 12.2. The standard InChI is InChI=1S/C12H15ClN2O3/c1-14-7-6-11(16)15(8-12(17)18)10-4-2-9(13)3-5-10/h2-5,14H,6-8H2,1H3,(H,17,18). The van der Waals surface area contributed by atoms with Crippen LogP contribution in [-0.4, -0.2) is 37.1 Å². The molecule has 0 aliphatic heterocycles. The molecule has 0 aliphatic carbocycles.